The first-order valence-corrected chi connectivity index (χ1v) is 14.7. The number of allylic oxidation sites excluding steroid dienone is 1. The van der Waals surface area contributed by atoms with Gasteiger partial charge in [0.25, 0.3) is 5.70 Å². The van der Waals surface area contributed by atoms with Crippen molar-refractivity contribution in [2.45, 2.75) is 40.0 Å². The van der Waals surface area contributed by atoms with Gasteiger partial charge in [-0.2, -0.15) is 0 Å². The molecule has 204 valence electrons. The molecule has 42 heavy (non-hydrogen) atoms. The molecule has 0 aliphatic heterocycles. The molecule has 0 unspecified atom stereocenters. The molecule has 1 aliphatic carbocycles. The SMILES string of the molecule is [C-]#[N+]/C(C#N)=C\c1cc2c(s1)-c1ncc(N(c3ccc(-c4ccccc4)cc3)c3cc(C)c(C)c(C)c3)cc1C2(C)C. The first-order chi connectivity index (χ1) is 20.2. The molecule has 0 saturated heterocycles. The molecule has 0 spiro atoms. The predicted molar refractivity (Wildman–Crippen MR) is 174 cm³/mol. The third-order valence-corrected chi connectivity index (χ3v) is 9.45. The second kappa shape index (κ2) is 10.5. The Morgan fingerprint density at radius 3 is 2.19 bits per heavy atom. The molecular formula is C37H30N4S. The van der Waals surface area contributed by atoms with Crippen LogP contribution in [0.15, 0.2) is 90.8 Å². The summed E-state index contributed by atoms with van der Waals surface area (Å²) in [6.07, 6.45) is 3.64. The lowest BCUT2D eigenvalue weighted by atomic mass is 9.83. The van der Waals surface area contributed by atoms with Crippen molar-refractivity contribution in [2.75, 3.05) is 4.90 Å². The molecule has 0 radical (unpaired) electrons. The van der Waals surface area contributed by atoms with Crippen molar-refractivity contribution in [3.8, 4) is 27.8 Å². The molecule has 2 heterocycles. The van der Waals surface area contributed by atoms with Crippen molar-refractivity contribution in [3.05, 3.63) is 135 Å². The molecular weight excluding hydrogens is 533 g/mol. The highest BCUT2D eigenvalue weighted by Gasteiger charge is 2.39. The minimum atomic E-state index is -0.275. The van der Waals surface area contributed by atoms with Crippen LogP contribution in [0, 0.1) is 38.7 Å². The molecule has 0 amide bonds. The van der Waals surface area contributed by atoms with E-state index in [2.05, 4.69) is 117 Å². The monoisotopic (exact) mass is 562 g/mol. The van der Waals surface area contributed by atoms with Gasteiger partial charge in [0, 0.05) is 21.7 Å². The summed E-state index contributed by atoms with van der Waals surface area (Å²) in [7, 11) is 0. The van der Waals surface area contributed by atoms with E-state index >= 15 is 0 Å². The minimum Gasteiger partial charge on any atom is -0.309 e. The quantitative estimate of drug-likeness (QED) is 0.158. The highest BCUT2D eigenvalue weighted by Crippen LogP contribution is 2.53. The number of hydrogen-bond acceptors (Lipinski definition) is 4. The maximum Gasteiger partial charge on any atom is 0.263 e. The molecule has 5 aromatic rings. The van der Waals surface area contributed by atoms with Gasteiger partial charge in [0.1, 0.15) is 0 Å². The van der Waals surface area contributed by atoms with E-state index in [-0.39, 0.29) is 11.1 Å². The summed E-state index contributed by atoms with van der Waals surface area (Å²) in [6, 6.07) is 30.0. The van der Waals surface area contributed by atoms with Crippen LogP contribution in [0.1, 0.15) is 46.5 Å². The maximum absolute atomic E-state index is 9.24. The summed E-state index contributed by atoms with van der Waals surface area (Å²) in [5.41, 5.74) is 12.5. The lowest BCUT2D eigenvalue weighted by Gasteiger charge is -2.28. The van der Waals surface area contributed by atoms with Gasteiger partial charge in [-0.15, -0.1) is 11.3 Å². The van der Waals surface area contributed by atoms with Crippen LogP contribution in [-0.2, 0) is 5.41 Å². The lowest BCUT2D eigenvalue weighted by molar-refractivity contribution is 0.660. The third kappa shape index (κ3) is 4.59. The van der Waals surface area contributed by atoms with E-state index in [1.54, 1.807) is 17.4 Å². The Balaban J connectivity index is 1.48. The van der Waals surface area contributed by atoms with Crippen molar-refractivity contribution in [1.82, 2.24) is 4.98 Å². The second-order valence-electron chi connectivity index (χ2n) is 11.3. The Morgan fingerprint density at radius 1 is 0.881 bits per heavy atom. The van der Waals surface area contributed by atoms with Crippen LogP contribution in [0.25, 0.3) is 32.6 Å². The van der Waals surface area contributed by atoms with Gasteiger partial charge in [0.15, 0.2) is 0 Å². The normalized spacial score (nSPS) is 13.2. The van der Waals surface area contributed by atoms with Gasteiger partial charge >= 0.3 is 0 Å². The van der Waals surface area contributed by atoms with E-state index in [1.165, 1.54) is 38.9 Å². The van der Waals surface area contributed by atoms with Crippen molar-refractivity contribution >= 4 is 34.5 Å². The molecule has 5 heteroatoms. The highest BCUT2D eigenvalue weighted by molar-refractivity contribution is 7.16. The largest absolute Gasteiger partial charge is 0.309 e. The number of hydrogen-bond donors (Lipinski definition) is 0. The predicted octanol–water partition coefficient (Wildman–Crippen LogP) is 10.3. The fourth-order valence-corrected chi connectivity index (χ4v) is 7.01. The summed E-state index contributed by atoms with van der Waals surface area (Å²) in [4.78, 5) is 12.7. The molecule has 1 aliphatic rings. The number of pyridine rings is 1. The molecule has 0 bridgehead atoms. The standard InChI is InChI=1S/C37H30N4S/c1-23-16-30(17-24(2)25(23)3)41(29-14-12-27(13-15-29)26-10-8-7-9-11-26)31-19-33-35(40-22-31)36-34(37(33,4)5)20-32(42-36)18-28(21-38)39-6/h7-20,22H,1-5H3/b28-18-. The number of aryl methyl sites for hydroxylation is 2. The number of thiophene rings is 1. The lowest BCUT2D eigenvalue weighted by Crippen LogP contribution is -2.17. The van der Waals surface area contributed by atoms with Gasteiger partial charge in [0.05, 0.1) is 35.1 Å². The van der Waals surface area contributed by atoms with E-state index in [4.69, 9.17) is 11.6 Å². The van der Waals surface area contributed by atoms with E-state index in [1.807, 2.05) is 18.3 Å². The van der Waals surface area contributed by atoms with E-state index in [0.29, 0.717) is 0 Å². The smallest absolute Gasteiger partial charge is 0.263 e. The van der Waals surface area contributed by atoms with E-state index in [0.717, 1.165) is 32.5 Å². The average Bonchev–Trinajstić information content (AvgIpc) is 3.51. The number of aromatic nitrogens is 1. The van der Waals surface area contributed by atoms with Gasteiger partial charge < -0.3 is 4.90 Å². The summed E-state index contributed by atoms with van der Waals surface area (Å²) in [5, 5.41) is 9.24. The van der Waals surface area contributed by atoms with Gasteiger partial charge in [-0.3, -0.25) is 4.98 Å². The molecule has 2 aromatic heterocycles. The van der Waals surface area contributed by atoms with Crippen molar-refractivity contribution < 1.29 is 0 Å². The second-order valence-corrected chi connectivity index (χ2v) is 12.4. The minimum absolute atomic E-state index is 0.0915. The van der Waals surface area contributed by atoms with Crippen molar-refractivity contribution in [1.29, 1.82) is 5.26 Å². The Bertz CT molecular complexity index is 1910. The fraction of sp³-hybridized carbons (Fsp3) is 0.162. The molecule has 4 nitrogen and oxygen atoms in total. The first kappa shape index (κ1) is 27.2. The number of nitriles is 1. The van der Waals surface area contributed by atoms with E-state index < -0.39 is 0 Å². The van der Waals surface area contributed by atoms with Crippen LogP contribution >= 0.6 is 11.3 Å². The number of benzene rings is 3. The number of nitrogens with zero attached hydrogens (tertiary/aromatic N) is 4. The van der Waals surface area contributed by atoms with Gasteiger partial charge in [-0.1, -0.05) is 56.3 Å². The van der Waals surface area contributed by atoms with Crippen LogP contribution in [-0.4, -0.2) is 4.98 Å². The summed E-state index contributed by atoms with van der Waals surface area (Å²) < 4.78 is 0. The number of fused-ring (bicyclic) bond motifs is 3. The van der Waals surface area contributed by atoms with Gasteiger partial charge in [-0.05, 0) is 102 Å². The van der Waals surface area contributed by atoms with Crippen molar-refractivity contribution in [2.24, 2.45) is 0 Å². The maximum atomic E-state index is 9.24. The molecule has 6 rings (SSSR count). The van der Waals surface area contributed by atoms with Crippen LogP contribution in [0.2, 0.25) is 0 Å². The van der Waals surface area contributed by atoms with Crippen LogP contribution in [0.4, 0.5) is 17.1 Å². The Morgan fingerprint density at radius 2 is 1.55 bits per heavy atom. The zero-order valence-electron chi connectivity index (χ0n) is 24.4. The Kier molecular flexibility index (Phi) is 6.77. The molecule has 0 saturated carbocycles. The number of anilines is 3. The zero-order chi connectivity index (χ0) is 29.6. The van der Waals surface area contributed by atoms with Gasteiger partial charge in [0.2, 0.25) is 0 Å². The fourth-order valence-electron chi connectivity index (χ4n) is 5.75. The molecule has 3 aromatic carbocycles. The topological polar surface area (TPSA) is 44.3 Å². The van der Waals surface area contributed by atoms with Crippen LogP contribution in [0.3, 0.4) is 0 Å². The first-order valence-electron chi connectivity index (χ1n) is 13.9. The molecule has 0 fully saturated rings. The Labute approximate surface area is 251 Å². The molecule has 0 atom stereocenters. The average molecular weight is 563 g/mol. The summed E-state index contributed by atoms with van der Waals surface area (Å²) in [6.45, 7) is 18.2. The zero-order valence-corrected chi connectivity index (χ0v) is 25.2. The van der Waals surface area contributed by atoms with Crippen molar-refractivity contribution in [3.63, 3.8) is 0 Å². The van der Waals surface area contributed by atoms with E-state index in [9.17, 15) is 5.26 Å². The van der Waals surface area contributed by atoms with Crippen LogP contribution in [0.5, 0.6) is 0 Å². The van der Waals surface area contributed by atoms with Crippen LogP contribution < -0.4 is 4.90 Å². The van der Waals surface area contributed by atoms with Gasteiger partial charge in [-0.25, -0.2) is 10.1 Å². The third-order valence-electron chi connectivity index (χ3n) is 8.36. The molecule has 0 N–H and O–H groups in total. The number of rotatable bonds is 5. The summed E-state index contributed by atoms with van der Waals surface area (Å²) in [5.74, 6) is 0. The summed E-state index contributed by atoms with van der Waals surface area (Å²) >= 11 is 1.59. The highest BCUT2D eigenvalue weighted by atomic mass is 32.1. The Hall–Kier alpha value is -4.97.